The summed E-state index contributed by atoms with van der Waals surface area (Å²) in [4.78, 5) is 22.5. The van der Waals surface area contributed by atoms with Crippen LogP contribution < -0.4 is 14.4 Å². The van der Waals surface area contributed by atoms with Crippen molar-refractivity contribution >= 4 is 23.1 Å². The van der Waals surface area contributed by atoms with Gasteiger partial charge in [-0.1, -0.05) is 0 Å². The fourth-order valence-electron chi connectivity index (χ4n) is 4.05. The summed E-state index contributed by atoms with van der Waals surface area (Å²) in [5, 5.41) is 0. The van der Waals surface area contributed by atoms with Gasteiger partial charge in [0.2, 0.25) is 0 Å². The van der Waals surface area contributed by atoms with Crippen LogP contribution in [0.1, 0.15) is 21.7 Å². The smallest absolute Gasteiger partial charge is 0.417 e. The maximum absolute atomic E-state index is 13.2. The number of benzene rings is 1. The molecule has 0 unspecified atom stereocenters. The van der Waals surface area contributed by atoms with Crippen molar-refractivity contribution in [1.29, 1.82) is 0 Å². The lowest BCUT2D eigenvalue weighted by Crippen LogP contribution is -2.35. The van der Waals surface area contributed by atoms with Crippen LogP contribution in [0.3, 0.4) is 0 Å². The van der Waals surface area contributed by atoms with Crippen molar-refractivity contribution in [1.82, 2.24) is 9.88 Å². The van der Waals surface area contributed by atoms with Crippen LogP contribution in [0.25, 0.3) is 10.4 Å². The minimum Gasteiger partial charge on any atom is -0.486 e. The first-order valence-electron chi connectivity index (χ1n) is 11.0. The fourth-order valence-corrected chi connectivity index (χ4v) is 5.02. The van der Waals surface area contributed by atoms with E-state index in [-0.39, 0.29) is 5.91 Å². The van der Waals surface area contributed by atoms with E-state index in [4.69, 9.17) is 9.47 Å². The van der Waals surface area contributed by atoms with Crippen molar-refractivity contribution in [2.75, 3.05) is 44.3 Å². The molecule has 0 aliphatic carbocycles. The highest BCUT2D eigenvalue weighted by Gasteiger charge is 2.31. The number of pyridine rings is 1. The number of carbonyl (C=O) groups is 1. The number of carbonyl (C=O) groups excluding carboxylic acids is 1. The quantitative estimate of drug-likeness (QED) is 0.521. The lowest BCUT2D eigenvalue weighted by atomic mass is 10.1. The van der Waals surface area contributed by atoms with Crippen molar-refractivity contribution in [3.63, 3.8) is 0 Å². The van der Waals surface area contributed by atoms with Gasteiger partial charge in [-0.2, -0.15) is 13.2 Å². The van der Waals surface area contributed by atoms with Crippen molar-refractivity contribution < 1.29 is 27.4 Å². The first-order valence-corrected chi connectivity index (χ1v) is 11.8. The molecule has 34 heavy (non-hydrogen) atoms. The zero-order chi connectivity index (χ0) is 23.7. The predicted molar refractivity (Wildman–Crippen MR) is 123 cm³/mol. The number of halogens is 3. The Morgan fingerprint density at radius 3 is 2.53 bits per heavy atom. The summed E-state index contributed by atoms with van der Waals surface area (Å²) in [7, 11) is 0. The third kappa shape index (κ3) is 4.68. The highest BCUT2D eigenvalue weighted by atomic mass is 32.1. The topological polar surface area (TPSA) is 54.9 Å². The van der Waals surface area contributed by atoms with E-state index in [1.165, 1.54) is 17.4 Å². The molecule has 0 radical (unpaired) electrons. The number of ether oxygens (including phenoxy) is 2. The average molecular weight is 490 g/mol. The second-order valence-corrected chi connectivity index (χ2v) is 9.14. The molecule has 0 bridgehead atoms. The molecule has 6 nitrogen and oxygen atoms in total. The summed E-state index contributed by atoms with van der Waals surface area (Å²) >= 11 is 1.43. The van der Waals surface area contributed by atoms with Crippen LogP contribution in [0.4, 0.5) is 19.0 Å². The molecule has 2 aliphatic rings. The van der Waals surface area contributed by atoms with E-state index < -0.39 is 11.7 Å². The first-order chi connectivity index (χ1) is 16.4. The molecule has 178 valence electrons. The van der Waals surface area contributed by atoms with Crippen LogP contribution in [-0.4, -0.2) is 55.2 Å². The van der Waals surface area contributed by atoms with E-state index in [9.17, 15) is 18.0 Å². The number of rotatable bonds is 3. The molecule has 10 heteroatoms. The van der Waals surface area contributed by atoms with Crippen LogP contribution >= 0.6 is 11.3 Å². The Hall–Kier alpha value is -3.27. The van der Waals surface area contributed by atoms with Gasteiger partial charge in [0.15, 0.2) is 11.5 Å². The van der Waals surface area contributed by atoms with E-state index in [0.29, 0.717) is 62.3 Å². The number of amides is 1. The summed E-state index contributed by atoms with van der Waals surface area (Å²) < 4.78 is 49.6. The molecule has 1 aromatic carbocycles. The van der Waals surface area contributed by atoms with Crippen LogP contribution in [0, 0.1) is 0 Å². The molecule has 4 heterocycles. The van der Waals surface area contributed by atoms with Crippen molar-refractivity contribution in [2.45, 2.75) is 12.6 Å². The van der Waals surface area contributed by atoms with Gasteiger partial charge >= 0.3 is 6.18 Å². The monoisotopic (exact) mass is 489 g/mol. The zero-order valence-electron chi connectivity index (χ0n) is 18.2. The molecule has 0 spiro atoms. The van der Waals surface area contributed by atoms with E-state index >= 15 is 0 Å². The SMILES string of the molecule is O=C(c1ccc(-c2ccc3c(c2)OCCO3)s1)N1CCCN(c2ccc(C(F)(F)F)cn2)CC1. The first kappa shape index (κ1) is 22.5. The Kier molecular flexibility index (Phi) is 6.07. The van der Waals surface area contributed by atoms with Gasteiger partial charge in [0, 0.05) is 37.3 Å². The van der Waals surface area contributed by atoms with Crippen LogP contribution in [0.5, 0.6) is 11.5 Å². The van der Waals surface area contributed by atoms with Gasteiger partial charge in [-0.25, -0.2) is 4.98 Å². The van der Waals surface area contributed by atoms with Gasteiger partial charge in [0.05, 0.1) is 10.4 Å². The fraction of sp³-hybridized carbons (Fsp3) is 0.333. The molecule has 2 aliphatic heterocycles. The number of anilines is 1. The maximum Gasteiger partial charge on any atom is 0.417 e. The Bertz CT molecular complexity index is 1180. The average Bonchev–Trinajstić information content (AvgIpc) is 3.21. The van der Waals surface area contributed by atoms with E-state index in [2.05, 4.69) is 4.98 Å². The van der Waals surface area contributed by atoms with Gasteiger partial charge in [0.25, 0.3) is 5.91 Å². The standard InChI is InChI=1S/C24H22F3N3O3S/c25-24(26,27)17-3-7-22(28-15-17)29-8-1-9-30(11-10-29)23(31)21-6-5-20(34-21)16-2-4-18-19(14-16)33-13-12-32-18/h2-7,14-15H,1,8-13H2. The summed E-state index contributed by atoms with van der Waals surface area (Å²) in [5.74, 6) is 1.87. The molecule has 1 amide bonds. The van der Waals surface area contributed by atoms with Crippen molar-refractivity contribution in [3.8, 4) is 21.9 Å². The Morgan fingerprint density at radius 2 is 1.76 bits per heavy atom. The van der Waals surface area contributed by atoms with Gasteiger partial charge in [0.1, 0.15) is 19.0 Å². The lowest BCUT2D eigenvalue weighted by molar-refractivity contribution is -0.137. The number of nitrogens with zero attached hydrogens (tertiary/aromatic N) is 3. The largest absolute Gasteiger partial charge is 0.486 e. The van der Waals surface area contributed by atoms with Crippen LogP contribution in [0.2, 0.25) is 0 Å². The van der Waals surface area contributed by atoms with Gasteiger partial charge in [-0.3, -0.25) is 4.79 Å². The molecular formula is C24H22F3N3O3S. The Labute approximate surface area is 198 Å². The Balaban J connectivity index is 1.25. The molecule has 0 atom stereocenters. The van der Waals surface area contributed by atoms with E-state index in [1.54, 1.807) is 4.90 Å². The maximum atomic E-state index is 13.2. The van der Waals surface area contributed by atoms with Crippen molar-refractivity contribution in [3.05, 3.63) is 59.1 Å². The Morgan fingerprint density at radius 1 is 0.941 bits per heavy atom. The highest BCUT2D eigenvalue weighted by molar-refractivity contribution is 7.17. The predicted octanol–water partition coefficient (Wildman–Crippen LogP) is 4.95. The molecule has 3 aromatic rings. The normalized spacial score (nSPS) is 16.3. The van der Waals surface area contributed by atoms with Crippen LogP contribution in [0.15, 0.2) is 48.7 Å². The molecule has 1 fully saturated rings. The third-order valence-corrected chi connectivity index (χ3v) is 6.95. The number of fused-ring (bicyclic) bond motifs is 1. The summed E-state index contributed by atoms with van der Waals surface area (Å²) in [6.07, 6.45) is -2.85. The molecular weight excluding hydrogens is 467 g/mol. The second kappa shape index (κ2) is 9.17. The van der Waals surface area contributed by atoms with Gasteiger partial charge in [-0.05, 0) is 54.4 Å². The van der Waals surface area contributed by atoms with E-state index in [0.717, 1.165) is 28.5 Å². The van der Waals surface area contributed by atoms with Crippen molar-refractivity contribution in [2.24, 2.45) is 0 Å². The molecule has 2 aromatic heterocycles. The number of hydrogen-bond donors (Lipinski definition) is 0. The number of thiophene rings is 1. The lowest BCUT2D eigenvalue weighted by Gasteiger charge is -2.23. The molecule has 0 N–H and O–H groups in total. The van der Waals surface area contributed by atoms with E-state index in [1.807, 2.05) is 35.2 Å². The summed E-state index contributed by atoms with van der Waals surface area (Å²) in [5.41, 5.74) is 0.193. The summed E-state index contributed by atoms with van der Waals surface area (Å²) in [6, 6.07) is 12.0. The van der Waals surface area contributed by atoms with Crippen LogP contribution in [-0.2, 0) is 6.18 Å². The number of hydrogen-bond acceptors (Lipinski definition) is 6. The molecule has 0 saturated carbocycles. The highest BCUT2D eigenvalue weighted by Crippen LogP contribution is 2.37. The second-order valence-electron chi connectivity index (χ2n) is 8.06. The molecule has 5 rings (SSSR count). The minimum absolute atomic E-state index is 0.0454. The van der Waals surface area contributed by atoms with Gasteiger partial charge in [-0.15, -0.1) is 11.3 Å². The number of aromatic nitrogens is 1. The summed E-state index contributed by atoms with van der Waals surface area (Å²) in [6.45, 7) is 3.22. The minimum atomic E-state index is -4.41. The number of alkyl halides is 3. The van der Waals surface area contributed by atoms with Gasteiger partial charge < -0.3 is 19.3 Å². The molecule has 1 saturated heterocycles. The third-order valence-electron chi connectivity index (χ3n) is 5.83. The zero-order valence-corrected chi connectivity index (χ0v) is 19.0.